The molecule has 0 spiro atoms. The molecule has 0 fully saturated rings. The summed E-state index contributed by atoms with van der Waals surface area (Å²) in [5, 5.41) is 0. The second-order valence-electron chi connectivity index (χ2n) is 4.51. The molecule has 4 heteroatoms. The average molecular weight is 258 g/mol. The second kappa shape index (κ2) is 6.09. The third-order valence-corrected chi connectivity index (χ3v) is 2.82. The number of benzene rings is 1. The van der Waals surface area contributed by atoms with Gasteiger partial charge in [0, 0.05) is 24.5 Å². The summed E-state index contributed by atoms with van der Waals surface area (Å²) in [7, 11) is 0. The van der Waals surface area contributed by atoms with Gasteiger partial charge in [0.25, 0.3) is 5.56 Å². The smallest absolute Gasteiger partial charge is 0.250 e. The lowest BCUT2D eigenvalue weighted by Gasteiger charge is -2.08. The fourth-order valence-electron chi connectivity index (χ4n) is 1.81. The average Bonchev–Trinajstić information content (AvgIpc) is 2.40. The molecular weight excluding hydrogens is 240 g/mol. The highest BCUT2D eigenvalue weighted by molar-refractivity contribution is 5.41. The number of hydrogen-bond acceptors (Lipinski definition) is 3. The Morgan fingerprint density at radius 2 is 1.89 bits per heavy atom. The molecule has 0 aliphatic heterocycles. The van der Waals surface area contributed by atoms with E-state index in [1.807, 2.05) is 31.3 Å². The Kier molecular flexibility index (Phi) is 4.23. The fourth-order valence-corrected chi connectivity index (χ4v) is 1.81. The van der Waals surface area contributed by atoms with Gasteiger partial charge in [0.2, 0.25) is 0 Å². The summed E-state index contributed by atoms with van der Waals surface area (Å²) in [4.78, 5) is 11.6. The molecule has 1 aromatic carbocycles. The first-order valence-electron chi connectivity index (χ1n) is 6.30. The van der Waals surface area contributed by atoms with Gasteiger partial charge in [-0.3, -0.25) is 4.79 Å². The molecule has 1 heterocycles. The third-order valence-electron chi connectivity index (χ3n) is 2.82. The monoisotopic (exact) mass is 258 g/mol. The van der Waals surface area contributed by atoms with Crippen molar-refractivity contribution in [3.8, 4) is 5.75 Å². The lowest BCUT2D eigenvalue weighted by atomic mass is 10.3. The predicted octanol–water partition coefficient (Wildman–Crippen LogP) is 2.21. The van der Waals surface area contributed by atoms with Gasteiger partial charge in [0.05, 0.1) is 6.61 Å². The number of rotatable bonds is 5. The molecule has 2 rings (SSSR count). The topological polar surface area (TPSA) is 57.2 Å². The zero-order valence-corrected chi connectivity index (χ0v) is 11.0. The molecule has 0 bridgehead atoms. The summed E-state index contributed by atoms with van der Waals surface area (Å²) < 4.78 is 7.29. The molecule has 0 radical (unpaired) electrons. The highest BCUT2D eigenvalue weighted by Crippen LogP contribution is 2.13. The summed E-state index contributed by atoms with van der Waals surface area (Å²) in [5.41, 5.74) is 7.42. The summed E-state index contributed by atoms with van der Waals surface area (Å²) in [6.45, 7) is 3.21. The number of ether oxygens (including phenoxy) is 1. The molecule has 0 aliphatic rings. The Morgan fingerprint density at radius 3 is 2.63 bits per heavy atom. The molecule has 0 amide bonds. The minimum atomic E-state index is 0.0260. The molecular formula is C15H18N2O2. The number of aromatic nitrogens is 1. The Balaban J connectivity index is 1.82. The van der Waals surface area contributed by atoms with E-state index in [-0.39, 0.29) is 5.56 Å². The van der Waals surface area contributed by atoms with Crippen molar-refractivity contribution in [1.29, 1.82) is 0 Å². The molecule has 0 atom stereocenters. The molecule has 0 saturated carbocycles. The van der Waals surface area contributed by atoms with Crippen LogP contribution in [0.5, 0.6) is 5.75 Å². The number of nitrogen functional groups attached to an aromatic ring is 1. The summed E-state index contributed by atoms with van der Waals surface area (Å²) >= 11 is 0. The zero-order valence-electron chi connectivity index (χ0n) is 11.0. The van der Waals surface area contributed by atoms with Gasteiger partial charge in [-0.1, -0.05) is 6.07 Å². The van der Waals surface area contributed by atoms with Crippen LogP contribution in [-0.2, 0) is 6.54 Å². The summed E-state index contributed by atoms with van der Waals surface area (Å²) in [5.74, 6) is 0.797. The van der Waals surface area contributed by atoms with Crippen LogP contribution in [0.2, 0.25) is 0 Å². The lowest BCUT2D eigenvalue weighted by molar-refractivity contribution is 0.301. The van der Waals surface area contributed by atoms with E-state index >= 15 is 0 Å². The Morgan fingerprint density at radius 1 is 1.16 bits per heavy atom. The van der Waals surface area contributed by atoms with Gasteiger partial charge in [-0.05, 0) is 43.2 Å². The lowest BCUT2D eigenvalue weighted by Crippen LogP contribution is -2.19. The van der Waals surface area contributed by atoms with Gasteiger partial charge >= 0.3 is 0 Å². The minimum Gasteiger partial charge on any atom is -0.494 e. The number of aryl methyl sites for hydroxylation is 2. The van der Waals surface area contributed by atoms with E-state index in [4.69, 9.17) is 10.5 Å². The Labute approximate surface area is 112 Å². The molecule has 2 aromatic rings. The van der Waals surface area contributed by atoms with Gasteiger partial charge < -0.3 is 15.0 Å². The van der Waals surface area contributed by atoms with Crippen molar-refractivity contribution < 1.29 is 4.74 Å². The summed E-state index contributed by atoms with van der Waals surface area (Å²) in [6, 6.07) is 10.7. The maximum atomic E-state index is 11.6. The van der Waals surface area contributed by atoms with Crippen molar-refractivity contribution in [2.24, 2.45) is 0 Å². The van der Waals surface area contributed by atoms with Crippen LogP contribution in [0.25, 0.3) is 0 Å². The fraction of sp³-hybridized carbons (Fsp3) is 0.267. The SMILES string of the molecule is Cc1ccc(=O)n(CCCOc2ccc(N)cc2)c1. The third kappa shape index (κ3) is 3.88. The normalized spacial score (nSPS) is 10.4. The van der Waals surface area contributed by atoms with Gasteiger partial charge in [0.1, 0.15) is 5.75 Å². The van der Waals surface area contributed by atoms with E-state index in [1.165, 1.54) is 0 Å². The van der Waals surface area contributed by atoms with Crippen LogP contribution < -0.4 is 16.0 Å². The minimum absolute atomic E-state index is 0.0260. The van der Waals surface area contributed by atoms with Gasteiger partial charge in [-0.15, -0.1) is 0 Å². The van der Waals surface area contributed by atoms with Crippen LogP contribution in [-0.4, -0.2) is 11.2 Å². The van der Waals surface area contributed by atoms with Gasteiger partial charge in [-0.25, -0.2) is 0 Å². The van der Waals surface area contributed by atoms with E-state index in [9.17, 15) is 4.79 Å². The molecule has 1 aromatic heterocycles. The van der Waals surface area contributed by atoms with E-state index in [0.29, 0.717) is 13.2 Å². The number of nitrogens with two attached hydrogens (primary N) is 1. The quantitative estimate of drug-likeness (QED) is 0.660. The van der Waals surface area contributed by atoms with Crippen LogP contribution in [0.15, 0.2) is 47.4 Å². The van der Waals surface area contributed by atoms with E-state index < -0.39 is 0 Å². The number of nitrogens with zero attached hydrogens (tertiary/aromatic N) is 1. The van der Waals surface area contributed by atoms with Crippen molar-refractivity contribution in [2.45, 2.75) is 19.9 Å². The number of hydrogen-bond donors (Lipinski definition) is 1. The van der Waals surface area contributed by atoms with Crippen molar-refractivity contribution in [1.82, 2.24) is 4.57 Å². The van der Waals surface area contributed by atoms with Crippen LogP contribution in [0.1, 0.15) is 12.0 Å². The Hall–Kier alpha value is -2.23. The van der Waals surface area contributed by atoms with E-state index in [0.717, 1.165) is 23.4 Å². The molecule has 0 saturated heterocycles. The van der Waals surface area contributed by atoms with E-state index in [2.05, 4.69) is 0 Å². The van der Waals surface area contributed by atoms with Gasteiger partial charge in [-0.2, -0.15) is 0 Å². The van der Waals surface area contributed by atoms with Crippen LogP contribution in [0.4, 0.5) is 5.69 Å². The van der Waals surface area contributed by atoms with E-state index in [1.54, 1.807) is 22.8 Å². The Bertz CT molecular complexity index is 588. The highest BCUT2D eigenvalue weighted by atomic mass is 16.5. The van der Waals surface area contributed by atoms with Crippen molar-refractivity contribution >= 4 is 5.69 Å². The van der Waals surface area contributed by atoms with Crippen LogP contribution in [0.3, 0.4) is 0 Å². The first kappa shape index (κ1) is 13.2. The number of anilines is 1. The van der Waals surface area contributed by atoms with Gasteiger partial charge in [0.15, 0.2) is 0 Å². The zero-order chi connectivity index (χ0) is 13.7. The molecule has 0 aliphatic carbocycles. The summed E-state index contributed by atoms with van der Waals surface area (Å²) in [6.07, 6.45) is 2.65. The predicted molar refractivity (Wildman–Crippen MR) is 76.4 cm³/mol. The molecule has 100 valence electrons. The van der Waals surface area contributed by atoms with Crippen molar-refractivity contribution in [2.75, 3.05) is 12.3 Å². The van der Waals surface area contributed by atoms with Crippen molar-refractivity contribution in [3.05, 3.63) is 58.5 Å². The second-order valence-corrected chi connectivity index (χ2v) is 4.51. The molecule has 19 heavy (non-hydrogen) atoms. The highest BCUT2D eigenvalue weighted by Gasteiger charge is 1.97. The van der Waals surface area contributed by atoms with Crippen LogP contribution >= 0.6 is 0 Å². The standard InChI is InChI=1S/C15H18N2O2/c1-12-3-8-15(18)17(11-12)9-2-10-19-14-6-4-13(16)5-7-14/h3-8,11H,2,9-10,16H2,1H3. The maximum absolute atomic E-state index is 11.6. The maximum Gasteiger partial charge on any atom is 0.250 e. The van der Waals surface area contributed by atoms with Crippen LogP contribution in [0, 0.1) is 6.92 Å². The number of pyridine rings is 1. The first-order chi connectivity index (χ1) is 9.15. The first-order valence-corrected chi connectivity index (χ1v) is 6.30. The largest absolute Gasteiger partial charge is 0.494 e. The van der Waals surface area contributed by atoms with Crippen molar-refractivity contribution in [3.63, 3.8) is 0 Å². The molecule has 2 N–H and O–H groups in total. The molecule has 4 nitrogen and oxygen atoms in total. The molecule has 0 unspecified atom stereocenters.